The summed E-state index contributed by atoms with van der Waals surface area (Å²) in [4.78, 5) is 30.4. The molecule has 0 saturated carbocycles. The molecule has 0 radical (unpaired) electrons. The summed E-state index contributed by atoms with van der Waals surface area (Å²) in [5, 5.41) is 13.9. The Morgan fingerprint density at radius 3 is 2.81 bits per heavy atom. The lowest BCUT2D eigenvalue weighted by molar-refractivity contribution is -0.904. The monoisotopic (exact) mass is 445 g/mol. The number of benzene rings is 1. The van der Waals surface area contributed by atoms with Crippen LogP contribution < -0.4 is 15.5 Å². The summed E-state index contributed by atoms with van der Waals surface area (Å²) in [6.45, 7) is 1.80. The maximum atomic E-state index is 14.6. The molecule has 10 heteroatoms. The predicted octanol–water partition coefficient (Wildman–Crippen LogP) is 2.66. The van der Waals surface area contributed by atoms with Crippen molar-refractivity contribution in [3.63, 3.8) is 0 Å². The van der Waals surface area contributed by atoms with Gasteiger partial charge < -0.3 is 5.32 Å². The molecule has 1 aliphatic heterocycles. The highest BCUT2D eigenvalue weighted by atomic mass is 32.1. The fourth-order valence-electron chi connectivity index (χ4n) is 4.02. The number of alkyl halides is 2. The number of halogens is 2. The van der Waals surface area contributed by atoms with Gasteiger partial charge in [-0.05, 0) is 24.6 Å². The first kappa shape index (κ1) is 20.0. The number of thiazole rings is 1. The van der Waals surface area contributed by atoms with Crippen molar-refractivity contribution < 1.29 is 23.5 Å². The molecule has 1 aliphatic rings. The van der Waals surface area contributed by atoms with Crippen molar-refractivity contribution in [1.29, 1.82) is 0 Å². The molecule has 160 valence electrons. The summed E-state index contributed by atoms with van der Waals surface area (Å²) >= 11 is 1.28. The Morgan fingerprint density at radius 1 is 1.35 bits per heavy atom. The first-order valence-electron chi connectivity index (χ1n) is 9.85. The van der Waals surface area contributed by atoms with Crippen LogP contribution >= 0.6 is 11.3 Å². The average molecular weight is 445 g/mol. The van der Waals surface area contributed by atoms with Crippen LogP contribution in [0.5, 0.6) is 0 Å². The van der Waals surface area contributed by atoms with E-state index in [2.05, 4.69) is 10.3 Å². The van der Waals surface area contributed by atoms with Crippen LogP contribution in [0.15, 0.2) is 41.5 Å². The molecule has 0 bridgehead atoms. The number of nitrogens with one attached hydrogen (secondary N) is 1. The topological polar surface area (TPSA) is 86.4 Å². The molecule has 2 N–H and O–H groups in total. The number of hydrogen-bond acceptors (Lipinski definition) is 6. The summed E-state index contributed by atoms with van der Waals surface area (Å²) in [5.41, 5.74) is 1.10. The molecule has 1 amide bonds. The number of fused-ring (bicyclic) bond motifs is 2. The van der Waals surface area contributed by atoms with Gasteiger partial charge in [-0.15, -0.1) is 0 Å². The molecule has 3 heterocycles. The molecule has 0 aliphatic carbocycles. The van der Waals surface area contributed by atoms with Crippen molar-refractivity contribution in [2.75, 3.05) is 18.4 Å². The lowest BCUT2D eigenvalue weighted by Gasteiger charge is -2.40. The molecule has 2 unspecified atom stereocenters. The first-order valence-corrected chi connectivity index (χ1v) is 10.7. The second-order valence-electron chi connectivity index (χ2n) is 7.95. The fraction of sp³-hybridized carbons (Fsp3) is 0.333. The summed E-state index contributed by atoms with van der Waals surface area (Å²) in [6.07, 6.45) is 2.27. The number of rotatable bonds is 4. The average Bonchev–Trinajstić information content (AvgIpc) is 3.17. The van der Waals surface area contributed by atoms with E-state index in [-0.39, 0.29) is 30.8 Å². The number of nitrogens with zero attached hydrogens (tertiary/aromatic N) is 3. The van der Waals surface area contributed by atoms with Crippen LogP contribution in [0.2, 0.25) is 0 Å². The zero-order valence-corrected chi connectivity index (χ0v) is 17.3. The van der Waals surface area contributed by atoms with Crippen LogP contribution in [-0.2, 0) is 4.79 Å². The molecule has 2 atom stereocenters. The zero-order valence-electron chi connectivity index (χ0n) is 16.5. The van der Waals surface area contributed by atoms with Gasteiger partial charge in [-0.25, -0.2) is 13.8 Å². The Morgan fingerprint density at radius 2 is 2.06 bits per heavy atom. The van der Waals surface area contributed by atoms with Gasteiger partial charge in [0.25, 0.3) is 5.92 Å². The number of anilines is 1. The van der Waals surface area contributed by atoms with Crippen molar-refractivity contribution in [1.82, 2.24) is 9.88 Å². The van der Waals surface area contributed by atoms with Gasteiger partial charge in [0.2, 0.25) is 18.3 Å². The highest BCUT2D eigenvalue weighted by molar-refractivity contribution is 7.22. The quantitative estimate of drug-likeness (QED) is 0.373. The number of aromatic nitrogens is 2. The molecule has 1 fully saturated rings. The third kappa shape index (κ3) is 3.55. The highest BCUT2D eigenvalue weighted by Crippen LogP contribution is 2.40. The SMILES string of the molecule is CC(C(=O)Nc1nc2cc3c(=O)c3cc2s1)N1CCC(F)(F)C(c2cc[n+](O)cc2)C1. The Balaban J connectivity index is 1.31. The van der Waals surface area contributed by atoms with Crippen molar-refractivity contribution in [2.24, 2.45) is 0 Å². The number of carbonyl (C=O) groups excluding carboxylic acids is 1. The number of carbonyl (C=O) groups is 1. The summed E-state index contributed by atoms with van der Waals surface area (Å²) in [7, 11) is 0. The molecule has 1 saturated heterocycles. The van der Waals surface area contributed by atoms with Crippen molar-refractivity contribution >= 4 is 43.4 Å². The van der Waals surface area contributed by atoms with Gasteiger partial charge in [0.15, 0.2) is 10.6 Å². The van der Waals surface area contributed by atoms with E-state index in [0.717, 1.165) is 9.43 Å². The zero-order chi connectivity index (χ0) is 21.9. The van der Waals surface area contributed by atoms with Gasteiger partial charge >= 0.3 is 0 Å². The molecule has 0 spiro atoms. The van der Waals surface area contributed by atoms with Crippen LogP contribution in [0.4, 0.5) is 13.9 Å². The minimum atomic E-state index is -2.90. The van der Waals surface area contributed by atoms with Gasteiger partial charge in [0.1, 0.15) is 0 Å². The second-order valence-corrected chi connectivity index (χ2v) is 8.98. The minimum absolute atomic E-state index is 0.0195. The van der Waals surface area contributed by atoms with Gasteiger partial charge in [0.05, 0.1) is 22.2 Å². The third-order valence-electron chi connectivity index (χ3n) is 6.01. The lowest BCUT2D eigenvalue weighted by atomic mass is 9.87. The minimum Gasteiger partial charge on any atom is -0.301 e. The Labute approximate surface area is 179 Å². The van der Waals surface area contributed by atoms with E-state index in [1.165, 1.54) is 35.9 Å². The fourth-order valence-corrected chi connectivity index (χ4v) is 4.91. The van der Waals surface area contributed by atoms with E-state index >= 15 is 0 Å². The van der Waals surface area contributed by atoms with E-state index in [4.69, 9.17) is 0 Å². The Kier molecular flexibility index (Phi) is 4.52. The lowest BCUT2D eigenvalue weighted by Crippen LogP contribution is -2.52. The predicted molar refractivity (Wildman–Crippen MR) is 112 cm³/mol. The molecule has 7 nitrogen and oxygen atoms in total. The first-order chi connectivity index (χ1) is 14.7. The summed E-state index contributed by atoms with van der Waals surface area (Å²) < 4.78 is 30.8. The smallest absolute Gasteiger partial charge is 0.257 e. The van der Waals surface area contributed by atoms with E-state index in [9.17, 15) is 23.6 Å². The summed E-state index contributed by atoms with van der Waals surface area (Å²) in [6, 6.07) is 5.79. The van der Waals surface area contributed by atoms with Crippen LogP contribution in [0.1, 0.15) is 24.8 Å². The largest absolute Gasteiger partial charge is 0.301 e. The van der Waals surface area contributed by atoms with Gasteiger partial charge in [-0.1, -0.05) is 11.3 Å². The molecule has 2 aromatic heterocycles. The van der Waals surface area contributed by atoms with Gasteiger partial charge in [-0.3, -0.25) is 19.7 Å². The van der Waals surface area contributed by atoms with Crippen molar-refractivity contribution in [3.05, 3.63) is 52.4 Å². The molecule has 4 aromatic rings. The standard InChI is InChI=1S/C21H18F2N4O3S/c1-11(19(29)25-20-24-16-8-13-14(18(13)28)9-17(16)31-20)26-7-4-21(22,23)15(10-26)12-2-5-27(30)6-3-12/h2-3,5-6,8-9,11,15H,4,7,10H2,1H3,(H-,24,25,28,29,30)/p+1. The Bertz CT molecular complexity index is 1260. The number of hydrogen-bond donors (Lipinski definition) is 2. The molecular weight excluding hydrogens is 426 g/mol. The number of likely N-dealkylation sites (tertiary alicyclic amines) is 1. The van der Waals surface area contributed by atoms with E-state index < -0.39 is 17.9 Å². The normalized spacial score (nSPS) is 20.4. The van der Waals surface area contributed by atoms with Crippen molar-refractivity contribution in [2.45, 2.75) is 31.2 Å². The van der Waals surface area contributed by atoms with Crippen LogP contribution in [0, 0.1) is 0 Å². The molecule has 2 aromatic carbocycles. The van der Waals surface area contributed by atoms with E-state index in [1.807, 2.05) is 0 Å². The van der Waals surface area contributed by atoms with E-state index in [1.54, 1.807) is 24.0 Å². The number of piperidine rings is 1. The van der Waals surface area contributed by atoms with Crippen molar-refractivity contribution in [3.8, 4) is 0 Å². The molecule has 31 heavy (non-hydrogen) atoms. The second kappa shape index (κ2) is 7.03. The van der Waals surface area contributed by atoms with Crippen LogP contribution in [-0.4, -0.2) is 46.1 Å². The maximum Gasteiger partial charge on any atom is 0.257 e. The Hall–Kier alpha value is -2.98. The summed E-state index contributed by atoms with van der Waals surface area (Å²) in [5.74, 6) is -4.30. The number of pyridine rings is 1. The maximum absolute atomic E-state index is 14.6. The molecular formula is C21H19F2N4O3S+. The molecule has 5 rings (SSSR count). The van der Waals surface area contributed by atoms with Gasteiger partial charge in [-0.2, -0.15) is 0 Å². The highest BCUT2D eigenvalue weighted by Gasteiger charge is 2.46. The van der Waals surface area contributed by atoms with E-state index in [0.29, 0.717) is 27.0 Å². The van der Waals surface area contributed by atoms with Gasteiger partial charge in [0, 0.05) is 47.1 Å². The van der Waals surface area contributed by atoms with Crippen LogP contribution in [0.3, 0.4) is 0 Å². The van der Waals surface area contributed by atoms with Crippen LogP contribution in [0.25, 0.3) is 21.0 Å². The number of amides is 1. The third-order valence-corrected chi connectivity index (χ3v) is 6.95.